The number of Topliss-reactive ketones (excluding diaryl/α,β-unsaturated/α-hetero) is 1. The van der Waals surface area contributed by atoms with E-state index < -0.39 is 12.1 Å². The number of aliphatic carboxylic acids is 1. The Labute approximate surface area is 93.9 Å². The zero-order valence-corrected chi connectivity index (χ0v) is 9.27. The van der Waals surface area contributed by atoms with Crippen molar-refractivity contribution < 1.29 is 19.4 Å². The topological polar surface area (TPSA) is 63.6 Å². The van der Waals surface area contributed by atoms with Crippen LogP contribution in [0.5, 0.6) is 5.75 Å². The van der Waals surface area contributed by atoms with Crippen molar-refractivity contribution in [1.29, 1.82) is 0 Å². The molecule has 0 radical (unpaired) electrons. The largest absolute Gasteiger partial charge is 0.479 e. The molecule has 0 aromatic heterocycles. The van der Waals surface area contributed by atoms with Gasteiger partial charge in [-0.2, -0.15) is 0 Å². The Morgan fingerprint density at radius 1 is 1.31 bits per heavy atom. The van der Waals surface area contributed by atoms with E-state index in [1.165, 1.54) is 6.92 Å². The SMILES string of the molecule is CCC(=O)c1ccc(OC(C)C(=O)O)cc1. The van der Waals surface area contributed by atoms with Crippen LogP contribution in [0.1, 0.15) is 30.6 Å². The highest BCUT2D eigenvalue weighted by molar-refractivity contribution is 5.95. The predicted molar refractivity (Wildman–Crippen MR) is 58.8 cm³/mol. The summed E-state index contributed by atoms with van der Waals surface area (Å²) in [4.78, 5) is 21.9. The van der Waals surface area contributed by atoms with Crippen LogP contribution >= 0.6 is 0 Å². The van der Waals surface area contributed by atoms with Gasteiger partial charge in [0, 0.05) is 12.0 Å². The summed E-state index contributed by atoms with van der Waals surface area (Å²) >= 11 is 0. The van der Waals surface area contributed by atoms with Gasteiger partial charge in [-0.3, -0.25) is 4.79 Å². The molecule has 0 bridgehead atoms. The third-order valence-corrected chi connectivity index (χ3v) is 2.16. The van der Waals surface area contributed by atoms with Crippen molar-refractivity contribution >= 4 is 11.8 Å². The van der Waals surface area contributed by atoms with E-state index in [2.05, 4.69) is 0 Å². The van der Waals surface area contributed by atoms with Crippen LogP contribution in [0.3, 0.4) is 0 Å². The monoisotopic (exact) mass is 222 g/mol. The number of carbonyl (C=O) groups excluding carboxylic acids is 1. The van der Waals surface area contributed by atoms with Gasteiger partial charge in [-0.05, 0) is 31.2 Å². The molecule has 0 amide bonds. The standard InChI is InChI=1S/C12H14O4/c1-3-11(13)9-4-6-10(7-5-9)16-8(2)12(14)15/h4-8H,3H2,1-2H3,(H,14,15). The van der Waals surface area contributed by atoms with Crippen molar-refractivity contribution in [3.05, 3.63) is 29.8 Å². The second kappa shape index (κ2) is 5.30. The maximum Gasteiger partial charge on any atom is 0.344 e. The molecule has 0 heterocycles. The van der Waals surface area contributed by atoms with Gasteiger partial charge in [-0.25, -0.2) is 4.79 Å². The van der Waals surface area contributed by atoms with Gasteiger partial charge >= 0.3 is 5.97 Å². The van der Waals surface area contributed by atoms with E-state index in [-0.39, 0.29) is 5.78 Å². The quantitative estimate of drug-likeness (QED) is 0.775. The number of carboxylic acid groups (broad SMARTS) is 1. The first-order valence-corrected chi connectivity index (χ1v) is 5.07. The molecule has 0 aliphatic rings. The number of carbonyl (C=O) groups is 2. The Morgan fingerprint density at radius 3 is 2.31 bits per heavy atom. The van der Waals surface area contributed by atoms with Gasteiger partial charge in [0.05, 0.1) is 0 Å². The molecular formula is C12H14O4. The zero-order chi connectivity index (χ0) is 12.1. The van der Waals surface area contributed by atoms with Gasteiger partial charge in [0.1, 0.15) is 5.75 Å². The lowest BCUT2D eigenvalue weighted by Crippen LogP contribution is -2.22. The number of rotatable bonds is 5. The van der Waals surface area contributed by atoms with E-state index in [9.17, 15) is 9.59 Å². The summed E-state index contributed by atoms with van der Waals surface area (Å²) in [7, 11) is 0. The number of benzene rings is 1. The van der Waals surface area contributed by atoms with E-state index in [0.717, 1.165) is 0 Å². The second-order valence-corrected chi connectivity index (χ2v) is 3.40. The van der Waals surface area contributed by atoms with Crippen molar-refractivity contribution in [3.63, 3.8) is 0 Å². The number of carboxylic acids is 1. The van der Waals surface area contributed by atoms with Crippen LogP contribution in [0.2, 0.25) is 0 Å². The molecule has 4 nitrogen and oxygen atoms in total. The molecule has 0 spiro atoms. The highest BCUT2D eigenvalue weighted by atomic mass is 16.5. The molecule has 0 saturated heterocycles. The first kappa shape index (κ1) is 12.2. The minimum absolute atomic E-state index is 0.0535. The molecule has 1 unspecified atom stereocenters. The van der Waals surface area contributed by atoms with Crippen molar-refractivity contribution in [1.82, 2.24) is 0 Å². The van der Waals surface area contributed by atoms with Gasteiger partial charge in [-0.15, -0.1) is 0 Å². The van der Waals surface area contributed by atoms with Crippen molar-refractivity contribution in [2.45, 2.75) is 26.4 Å². The van der Waals surface area contributed by atoms with E-state index in [1.807, 2.05) is 0 Å². The molecular weight excluding hydrogens is 208 g/mol. The minimum atomic E-state index is -1.02. The number of ether oxygens (including phenoxy) is 1. The number of hydrogen-bond acceptors (Lipinski definition) is 3. The van der Waals surface area contributed by atoms with Crippen LogP contribution in [0.4, 0.5) is 0 Å². The lowest BCUT2D eigenvalue weighted by molar-refractivity contribution is -0.144. The molecule has 0 saturated carbocycles. The normalized spacial score (nSPS) is 11.9. The molecule has 86 valence electrons. The van der Waals surface area contributed by atoms with E-state index in [4.69, 9.17) is 9.84 Å². The fourth-order valence-corrected chi connectivity index (χ4v) is 1.18. The molecule has 0 fully saturated rings. The van der Waals surface area contributed by atoms with Crippen LogP contribution < -0.4 is 4.74 Å². The fraction of sp³-hybridized carbons (Fsp3) is 0.333. The highest BCUT2D eigenvalue weighted by Gasteiger charge is 2.12. The van der Waals surface area contributed by atoms with Gasteiger partial charge in [-0.1, -0.05) is 6.92 Å². The van der Waals surface area contributed by atoms with Crippen LogP contribution in [0.15, 0.2) is 24.3 Å². The molecule has 4 heteroatoms. The lowest BCUT2D eigenvalue weighted by Gasteiger charge is -2.10. The molecule has 1 aromatic carbocycles. The maximum atomic E-state index is 11.3. The number of hydrogen-bond donors (Lipinski definition) is 1. The Morgan fingerprint density at radius 2 is 1.88 bits per heavy atom. The van der Waals surface area contributed by atoms with E-state index >= 15 is 0 Å². The fourth-order valence-electron chi connectivity index (χ4n) is 1.18. The first-order chi connectivity index (χ1) is 7.54. The maximum absolute atomic E-state index is 11.3. The van der Waals surface area contributed by atoms with Crippen molar-refractivity contribution in [2.75, 3.05) is 0 Å². The molecule has 1 aromatic rings. The molecule has 1 atom stereocenters. The summed E-state index contributed by atoms with van der Waals surface area (Å²) in [5, 5.41) is 8.65. The molecule has 1 N–H and O–H groups in total. The Bertz CT molecular complexity index is 381. The lowest BCUT2D eigenvalue weighted by atomic mass is 10.1. The summed E-state index contributed by atoms with van der Waals surface area (Å²) in [5.41, 5.74) is 0.609. The smallest absolute Gasteiger partial charge is 0.344 e. The highest BCUT2D eigenvalue weighted by Crippen LogP contribution is 2.14. The first-order valence-electron chi connectivity index (χ1n) is 5.07. The van der Waals surface area contributed by atoms with Crippen molar-refractivity contribution in [3.8, 4) is 5.75 Å². The summed E-state index contributed by atoms with van der Waals surface area (Å²) in [5.74, 6) is -0.519. The van der Waals surface area contributed by atoms with Crippen LogP contribution in [-0.4, -0.2) is 23.0 Å². The Kier molecular flexibility index (Phi) is 4.05. The van der Waals surface area contributed by atoms with E-state index in [1.54, 1.807) is 31.2 Å². The molecule has 1 rings (SSSR count). The second-order valence-electron chi connectivity index (χ2n) is 3.40. The van der Waals surface area contributed by atoms with E-state index in [0.29, 0.717) is 17.7 Å². The third kappa shape index (κ3) is 3.08. The average molecular weight is 222 g/mol. The summed E-state index contributed by atoms with van der Waals surface area (Å²) < 4.78 is 5.13. The summed E-state index contributed by atoms with van der Waals surface area (Å²) in [6, 6.07) is 6.47. The van der Waals surface area contributed by atoms with Crippen molar-refractivity contribution in [2.24, 2.45) is 0 Å². The van der Waals surface area contributed by atoms with Gasteiger partial charge in [0.2, 0.25) is 0 Å². The minimum Gasteiger partial charge on any atom is -0.479 e. The molecule has 16 heavy (non-hydrogen) atoms. The summed E-state index contributed by atoms with van der Waals surface area (Å²) in [6.07, 6.45) is -0.445. The zero-order valence-electron chi connectivity index (χ0n) is 9.27. The van der Waals surface area contributed by atoms with Gasteiger partial charge < -0.3 is 9.84 Å². The third-order valence-electron chi connectivity index (χ3n) is 2.16. The molecule has 0 aliphatic carbocycles. The summed E-state index contributed by atoms with van der Waals surface area (Å²) in [6.45, 7) is 3.24. The predicted octanol–water partition coefficient (Wildman–Crippen LogP) is 2.13. The van der Waals surface area contributed by atoms with Crippen LogP contribution in [-0.2, 0) is 4.79 Å². The van der Waals surface area contributed by atoms with Gasteiger partial charge in [0.25, 0.3) is 0 Å². The number of ketones is 1. The Hall–Kier alpha value is -1.84. The average Bonchev–Trinajstić information content (AvgIpc) is 2.28. The molecule has 0 aliphatic heterocycles. The Balaban J connectivity index is 2.72. The van der Waals surface area contributed by atoms with Gasteiger partial charge in [0.15, 0.2) is 11.9 Å². The van der Waals surface area contributed by atoms with Crippen LogP contribution in [0, 0.1) is 0 Å². The van der Waals surface area contributed by atoms with Crippen LogP contribution in [0.25, 0.3) is 0 Å².